The number of nitrogens with zero attached hydrogens (tertiary/aromatic N) is 3. The molecule has 1 aromatic rings. The molecule has 1 fully saturated rings. The van der Waals surface area contributed by atoms with Crippen LogP contribution in [0, 0.1) is 29.1 Å². The number of piperidine rings is 1. The van der Waals surface area contributed by atoms with Gasteiger partial charge in [0, 0.05) is 19.6 Å². The van der Waals surface area contributed by atoms with E-state index in [1.54, 1.807) is 0 Å². The van der Waals surface area contributed by atoms with Gasteiger partial charge in [0.15, 0.2) is 0 Å². The van der Waals surface area contributed by atoms with Crippen molar-refractivity contribution in [3.63, 3.8) is 0 Å². The van der Waals surface area contributed by atoms with Crippen LogP contribution in [-0.2, 0) is 6.54 Å². The molecule has 0 aromatic carbocycles. The molecule has 1 aliphatic heterocycles. The number of nitrogen functional groups attached to an aromatic ring is 1. The van der Waals surface area contributed by atoms with E-state index < -0.39 is 0 Å². The molecule has 1 aromatic heterocycles. The van der Waals surface area contributed by atoms with Gasteiger partial charge in [-0.05, 0) is 30.2 Å². The van der Waals surface area contributed by atoms with E-state index in [9.17, 15) is 5.26 Å². The number of nitrogens with two attached hydrogens (primary N) is 1. The summed E-state index contributed by atoms with van der Waals surface area (Å²) in [4.78, 5) is 2.37. The van der Waals surface area contributed by atoms with Gasteiger partial charge >= 0.3 is 0 Å². The SMILES string of the molecule is CC(C)Cn1c(C#N)cc(N)c1N1C[C@H](C)C[C@@H](C)C1. The van der Waals surface area contributed by atoms with Crippen molar-refractivity contribution < 1.29 is 0 Å². The smallest absolute Gasteiger partial charge is 0.133 e. The molecule has 0 amide bonds. The summed E-state index contributed by atoms with van der Waals surface area (Å²) in [7, 11) is 0. The first-order valence-electron chi connectivity index (χ1n) is 7.56. The lowest BCUT2D eigenvalue weighted by Crippen LogP contribution is -2.40. The van der Waals surface area contributed by atoms with E-state index in [1.807, 2.05) is 6.07 Å². The Kier molecular flexibility index (Phi) is 4.27. The van der Waals surface area contributed by atoms with Crippen molar-refractivity contribution in [3.8, 4) is 6.07 Å². The van der Waals surface area contributed by atoms with E-state index in [0.29, 0.717) is 23.4 Å². The zero-order chi connectivity index (χ0) is 14.9. The van der Waals surface area contributed by atoms with Crippen molar-refractivity contribution in [2.45, 2.75) is 40.7 Å². The Morgan fingerprint density at radius 1 is 1.35 bits per heavy atom. The van der Waals surface area contributed by atoms with Crippen LogP contribution in [0.25, 0.3) is 0 Å². The highest BCUT2D eigenvalue weighted by atomic mass is 15.3. The van der Waals surface area contributed by atoms with Crippen molar-refractivity contribution in [1.29, 1.82) is 5.26 Å². The molecule has 1 aliphatic rings. The molecule has 0 saturated carbocycles. The highest BCUT2D eigenvalue weighted by Gasteiger charge is 2.27. The van der Waals surface area contributed by atoms with Gasteiger partial charge in [0.25, 0.3) is 0 Å². The summed E-state index contributed by atoms with van der Waals surface area (Å²) >= 11 is 0. The Morgan fingerprint density at radius 2 is 1.95 bits per heavy atom. The lowest BCUT2D eigenvalue weighted by Gasteiger charge is -2.37. The fourth-order valence-electron chi connectivity index (χ4n) is 3.39. The maximum atomic E-state index is 9.33. The van der Waals surface area contributed by atoms with Gasteiger partial charge in [0.05, 0.1) is 5.69 Å². The molecule has 0 unspecified atom stereocenters. The first-order chi connectivity index (χ1) is 9.42. The first-order valence-corrected chi connectivity index (χ1v) is 7.56. The van der Waals surface area contributed by atoms with E-state index in [-0.39, 0.29) is 0 Å². The Morgan fingerprint density at radius 3 is 2.45 bits per heavy atom. The van der Waals surface area contributed by atoms with Crippen LogP contribution < -0.4 is 10.6 Å². The van der Waals surface area contributed by atoms with Crippen LogP contribution in [0.5, 0.6) is 0 Å². The van der Waals surface area contributed by atoms with E-state index in [4.69, 9.17) is 5.73 Å². The topological polar surface area (TPSA) is 58.0 Å². The van der Waals surface area contributed by atoms with Crippen molar-refractivity contribution in [1.82, 2.24) is 4.57 Å². The van der Waals surface area contributed by atoms with Crippen LogP contribution >= 0.6 is 0 Å². The molecule has 110 valence electrons. The van der Waals surface area contributed by atoms with Gasteiger partial charge in [-0.15, -0.1) is 0 Å². The predicted molar refractivity (Wildman–Crippen MR) is 83.6 cm³/mol. The number of anilines is 2. The van der Waals surface area contributed by atoms with Gasteiger partial charge in [-0.2, -0.15) is 5.26 Å². The molecule has 4 heteroatoms. The minimum atomic E-state index is 0.493. The summed E-state index contributed by atoms with van der Waals surface area (Å²) in [5.74, 6) is 2.89. The van der Waals surface area contributed by atoms with Crippen molar-refractivity contribution in [3.05, 3.63) is 11.8 Å². The average molecular weight is 274 g/mol. The minimum absolute atomic E-state index is 0.493. The number of rotatable bonds is 3. The summed E-state index contributed by atoms with van der Waals surface area (Å²) in [5.41, 5.74) is 7.62. The van der Waals surface area contributed by atoms with Gasteiger partial charge < -0.3 is 15.2 Å². The van der Waals surface area contributed by atoms with E-state index in [2.05, 4.69) is 43.2 Å². The standard InChI is InChI=1S/C16H26N4/c1-11(2)8-20-14(7-17)6-15(18)16(20)19-9-12(3)5-13(4)10-19/h6,11-13H,5,8-10,18H2,1-4H3/t12-,13-/m1/s1. The lowest BCUT2D eigenvalue weighted by molar-refractivity contribution is 0.351. The first kappa shape index (κ1) is 14.8. The zero-order valence-electron chi connectivity index (χ0n) is 13.1. The highest BCUT2D eigenvalue weighted by Crippen LogP contribution is 2.33. The number of hydrogen-bond acceptors (Lipinski definition) is 3. The summed E-state index contributed by atoms with van der Waals surface area (Å²) in [6, 6.07) is 4.10. The van der Waals surface area contributed by atoms with Gasteiger partial charge in [-0.3, -0.25) is 0 Å². The number of nitriles is 1. The molecule has 2 heterocycles. The van der Waals surface area contributed by atoms with Gasteiger partial charge in [-0.25, -0.2) is 0 Å². The molecular formula is C16H26N4. The molecule has 2 atom stereocenters. The molecular weight excluding hydrogens is 248 g/mol. The summed E-state index contributed by atoms with van der Waals surface area (Å²) in [6.07, 6.45) is 1.27. The molecule has 2 rings (SSSR count). The molecule has 0 aliphatic carbocycles. The van der Waals surface area contributed by atoms with Crippen LogP contribution in [0.1, 0.15) is 39.8 Å². The van der Waals surface area contributed by atoms with Crippen LogP contribution in [0.4, 0.5) is 11.5 Å². The minimum Gasteiger partial charge on any atom is -0.396 e. The molecule has 2 N–H and O–H groups in total. The Hall–Kier alpha value is -1.63. The quantitative estimate of drug-likeness (QED) is 0.921. The second-order valence-corrected chi connectivity index (χ2v) is 6.78. The highest BCUT2D eigenvalue weighted by molar-refractivity contribution is 5.68. The molecule has 0 radical (unpaired) electrons. The van der Waals surface area contributed by atoms with Gasteiger partial charge in [0.1, 0.15) is 17.6 Å². The van der Waals surface area contributed by atoms with E-state index >= 15 is 0 Å². The Balaban J connectivity index is 2.39. The Labute approximate surface area is 122 Å². The van der Waals surface area contributed by atoms with Crippen LogP contribution in [0.2, 0.25) is 0 Å². The van der Waals surface area contributed by atoms with E-state index in [0.717, 1.165) is 31.1 Å². The second kappa shape index (κ2) is 5.78. The Bertz CT molecular complexity index is 499. The molecule has 0 bridgehead atoms. The van der Waals surface area contributed by atoms with Crippen LogP contribution in [0.15, 0.2) is 6.07 Å². The van der Waals surface area contributed by atoms with Gasteiger partial charge in [0.2, 0.25) is 0 Å². The predicted octanol–water partition coefficient (Wildman–Crippen LogP) is 3.08. The number of aromatic nitrogens is 1. The summed E-state index contributed by atoms with van der Waals surface area (Å²) in [6.45, 7) is 11.8. The molecule has 0 spiro atoms. The average Bonchev–Trinajstić information content (AvgIpc) is 2.63. The normalized spacial score (nSPS) is 23.1. The van der Waals surface area contributed by atoms with Crippen LogP contribution in [0.3, 0.4) is 0 Å². The second-order valence-electron chi connectivity index (χ2n) is 6.78. The third-order valence-corrected chi connectivity index (χ3v) is 3.93. The zero-order valence-corrected chi connectivity index (χ0v) is 13.1. The fraction of sp³-hybridized carbons (Fsp3) is 0.688. The maximum Gasteiger partial charge on any atom is 0.133 e. The van der Waals surface area contributed by atoms with Crippen molar-refractivity contribution in [2.24, 2.45) is 17.8 Å². The van der Waals surface area contributed by atoms with E-state index in [1.165, 1.54) is 6.42 Å². The third kappa shape index (κ3) is 2.92. The lowest BCUT2D eigenvalue weighted by atomic mass is 9.92. The molecule has 1 saturated heterocycles. The fourth-order valence-corrected chi connectivity index (χ4v) is 3.39. The van der Waals surface area contributed by atoms with Gasteiger partial charge in [-0.1, -0.05) is 27.7 Å². The summed E-state index contributed by atoms with van der Waals surface area (Å²) in [5, 5.41) is 9.33. The largest absolute Gasteiger partial charge is 0.396 e. The maximum absolute atomic E-state index is 9.33. The van der Waals surface area contributed by atoms with Crippen molar-refractivity contribution in [2.75, 3.05) is 23.7 Å². The molecule has 20 heavy (non-hydrogen) atoms. The number of hydrogen-bond donors (Lipinski definition) is 1. The molecule has 4 nitrogen and oxygen atoms in total. The monoisotopic (exact) mass is 274 g/mol. The summed E-state index contributed by atoms with van der Waals surface area (Å²) < 4.78 is 2.10. The third-order valence-electron chi connectivity index (χ3n) is 3.93. The van der Waals surface area contributed by atoms with Crippen LogP contribution in [-0.4, -0.2) is 17.7 Å². The van der Waals surface area contributed by atoms with Crippen molar-refractivity contribution >= 4 is 11.5 Å².